The van der Waals surface area contributed by atoms with E-state index in [1.165, 1.54) is 72.8 Å². The highest BCUT2D eigenvalue weighted by Crippen LogP contribution is 2.38. The van der Waals surface area contributed by atoms with E-state index in [1.807, 2.05) is 0 Å². The van der Waals surface area contributed by atoms with Gasteiger partial charge < -0.3 is 20.1 Å². The van der Waals surface area contributed by atoms with Crippen LogP contribution in [0.5, 0.6) is 11.5 Å². The number of nitro benzene ring substituents is 2. The van der Waals surface area contributed by atoms with Gasteiger partial charge in [-0.3, -0.25) is 30.9 Å². The molecule has 0 aromatic heterocycles. The highest BCUT2D eigenvalue weighted by Gasteiger charge is 2.39. The summed E-state index contributed by atoms with van der Waals surface area (Å²) < 4.78 is 6.93. The monoisotopic (exact) mass is 728 g/mol. The number of amides is 4. The lowest BCUT2D eigenvalue weighted by atomic mass is 10.3. The second-order valence-corrected chi connectivity index (χ2v) is 13.1. The zero-order valence-corrected chi connectivity index (χ0v) is 26.0. The molecule has 0 aliphatic heterocycles. The molecule has 0 spiro atoms. The van der Waals surface area contributed by atoms with Gasteiger partial charge in [-0.25, -0.2) is 9.59 Å². The highest BCUT2D eigenvalue weighted by molar-refractivity contribution is 6.68. The van der Waals surface area contributed by atoms with Gasteiger partial charge in [0.2, 0.25) is 20.0 Å². The largest absolute Gasteiger partial charge is 0.462 e. The number of non-ortho nitro benzene ring substituents is 2. The zero-order valence-electron chi connectivity index (χ0n) is 21.5. The van der Waals surface area contributed by atoms with Crippen molar-refractivity contribution in [3.05, 3.63) is 93.0 Å². The summed E-state index contributed by atoms with van der Waals surface area (Å²) >= 11 is 36.2. The number of hydrogen-bond donors (Lipinski definition) is 4. The first-order valence-corrected chi connectivity index (χ1v) is 14.0. The summed E-state index contributed by atoms with van der Waals surface area (Å²) in [6.07, 6.45) is -3.31. The number of hydrogen-bond acceptors (Lipinski definition) is 8. The van der Waals surface area contributed by atoms with Gasteiger partial charge in [-0.2, -0.15) is 0 Å². The number of alkyl halides is 6. The normalized spacial score (nSPS) is 12.7. The van der Waals surface area contributed by atoms with E-state index in [-0.39, 0.29) is 34.2 Å². The van der Waals surface area contributed by atoms with Gasteiger partial charge >= 0.3 is 12.1 Å². The fraction of sp³-hybridized carbons (Fsp3) is 0.167. The van der Waals surface area contributed by atoms with Gasteiger partial charge in [0.1, 0.15) is 0 Å². The average molecular weight is 731 g/mol. The third kappa shape index (κ3) is 10.5. The summed E-state index contributed by atoms with van der Waals surface area (Å²) in [5.41, 5.74) is -0.0184. The summed E-state index contributed by atoms with van der Waals surface area (Å²) in [5, 5.41) is 31.1. The predicted octanol–water partition coefficient (Wildman–Crippen LogP) is 7.30. The standard InChI is InChI=1S/C24H18Cl6N6O8/c25-23(26,27)19(33-21(37)31-13-5-9-15(10-6-13)35(39)40)43-17-3-1-2-4-18(17)44-20(24(28,29)30)34-22(38)32-14-7-11-16(12-8-14)36(41)42/h1-12,19-20H,(H2,31,33,37)(H2,32,34,38)/t19-,20+. The molecular formula is C24H18Cl6N6O8. The molecular weight excluding hydrogens is 713 g/mol. The fourth-order valence-electron chi connectivity index (χ4n) is 3.16. The van der Waals surface area contributed by atoms with Crippen LogP contribution in [0.15, 0.2) is 72.8 Å². The van der Waals surface area contributed by atoms with Crippen LogP contribution in [0.4, 0.5) is 32.3 Å². The molecule has 0 heterocycles. The van der Waals surface area contributed by atoms with Crippen LogP contribution in [-0.2, 0) is 0 Å². The van der Waals surface area contributed by atoms with E-state index < -0.39 is 41.9 Å². The minimum atomic E-state index is -2.25. The topological polar surface area (TPSA) is 187 Å². The molecule has 0 saturated carbocycles. The van der Waals surface area contributed by atoms with E-state index in [4.69, 9.17) is 79.1 Å². The lowest BCUT2D eigenvalue weighted by Crippen LogP contribution is -2.50. The van der Waals surface area contributed by atoms with Crippen molar-refractivity contribution >= 4 is 104 Å². The number of nitrogens with zero attached hydrogens (tertiary/aromatic N) is 2. The first-order valence-electron chi connectivity index (χ1n) is 11.7. The maximum absolute atomic E-state index is 12.6. The third-order valence-corrected chi connectivity index (χ3v) is 6.32. The molecule has 0 aliphatic rings. The van der Waals surface area contributed by atoms with Crippen molar-refractivity contribution in [1.29, 1.82) is 0 Å². The Morgan fingerprint density at radius 1 is 0.614 bits per heavy atom. The lowest BCUT2D eigenvalue weighted by molar-refractivity contribution is -0.385. The molecule has 4 N–H and O–H groups in total. The molecule has 20 heteroatoms. The number of para-hydroxylation sites is 2. The quantitative estimate of drug-likeness (QED) is 0.0724. The summed E-state index contributed by atoms with van der Waals surface area (Å²) in [5.74, 6) is -0.257. The van der Waals surface area contributed by atoms with Crippen molar-refractivity contribution in [2.24, 2.45) is 0 Å². The molecule has 3 aromatic rings. The molecule has 0 radical (unpaired) electrons. The first kappa shape index (κ1) is 34.8. The van der Waals surface area contributed by atoms with E-state index in [1.54, 1.807) is 0 Å². The van der Waals surface area contributed by atoms with Crippen LogP contribution in [0.25, 0.3) is 0 Å². The molecule has 3 rings (SSSR count). The molecule has 3 aromatic carbocycles. The number of anilines is 2. The fourth-order valence-corrected chi connectivity index (χ4v) is 3.76. The molecule has 0 fully saturated rings. The van der Waals surface area contributed by atoms with Crippen LogP contribution >= 0.6 is 69.6 Å². The van der Waals surface area contributed by atoms with Crippen molar-refractivity contribution in [2.45, 2.75) is 20.0 Å². The smallest absolute Gasteiger partial charge is 0.322 e. The Balaban J connectivity index is 1.73. The lowest BCUT2D eigenvalue weighted by Gasteiger charge is -2.29. The molecule has 4 amide bonds. The van der Waals surface area contributed by atoms with Crippen LogP contribution < -0.4 is 30.7 Å². The highest BCUT2D eigenvalue weighted by atomic mass is 35.6. The number of nitro groups is 2. The Hall–Kier alpha value is -3.66. The number of rotatable bonds is 10. The number of carbonyl (C=O) groups excluding carboxylic acids is 2. The van der Waals surface area contributed by atoms with Crippen molar-refractivity contribution < 1.29 is 28.9 Å². The maximum atomic E-state index is 12.6. The van der Waals surface area contributed by atoms with Crippen LogP contribution in [-0.4, -0.2) is 41.9 Å². The third-order valence-electron chi connectivity index (χ3n) is 5.13. The van der Waals surface area contributed by atoms with Gasteiger partial charge in [-0.1, -0.05) is 81.7 Å². The van der Waals surface area contributed by atoms with Gasteiger partial charge in [-0.05, 0) is 36.4 Å². The van der Waals surface area contributed by atoms with Crippen molar-refractivity contribution in [3.8, 4) is 11.5 Å². The van der Waals surface area contributed by atoms with Crippen LogP contribution in [0.2, 0.25) is 0 Å². The van der Waals surface area contributed by atoms with Crippen LogP contribution in [0.1, 0.15) is 0 Å². The molecule has 0 saturated heterocycles. The maximum Gasteiger partial charge on any atom is 0.322 e. The molecule has 2 atom stereocenters. The minimum absolute atomic E-state index is 0.128. The minimum Gasteiger partial charge on any atom is -0.462 e. The van der Waals surface area contributed by atoms with Gasteiger partial charge in [0, 0.05) is 35.6 Å². The molecule has 0 unspecified atom stereocenters. The van der Waals surface area contributed by atoms with Crippen LogP contribution in [0.3, 0.4) is 0 Å². The SMILES string of the molecule is O=C(Nc1ccc([N+](=O)[O-])cc1)N[C@H](Oc1ccccc1O[C@H](NC(=O)Nc1ccc([N+](=O)[O-])cc1)C(Cl)(Cl)Cl)C(Cl)(Cl)Cl. The molecule has 0 aliphatic carbocycles. The van der Waals surface area contributed by atoms with E-state index in [0.717, 1.165) is 0 Å². The summed E-state index contributed by atoms with van der Waals surface area (Å²) in [4.78, 5) is 45.7. The van der Waals surface area contributed by atoms with E-state index in [2.05, 4.69) is 21.3 Å². The van der Waals surface area contributed by atoms with Crippen molar-refractivity contribution in [3.63, 3.8) is 0 Å². The number of ether oxygens (including phenoxy) is 2. The second-order valence-electron chi connectivity index (χ2n) is 8.33. The average Bonchev–Trinajstić information content (AvgIpc) is 2.92. The Morgan fingerprint density at radius 2 is 0.932 bits per heavy atom. The number of carbonyl (C=O) groups is 2. The van der Waals surface area contributed by atoms with Crippen LogP contribution in [0, 0.1) is 20.2 Å². The summed E-state index contributed by atoms with van der Waals surface area (Å²) in [6.45, 7) is 0. The predicted molar refractivity (Wildman–Crippen MR) is 166 cm³/mol. The summed E-state index contributed by atoms with van der Waals surface area (Å²) in [7, 11) is 0. The van der Waals surface area contributed by atoms with Crippen molar-refractivity contribution in [1.82, 2.24) is 10.6 Å². The van der Waals surface area contributed by atoms with Gasteiger partial charge in [0.15, 0.2) is 11.5 Å². The number of benzene rings is 3. The molecule has 44 heavy (non-hydrogen) atoms. The number of urea groups is 2. The van der Waals surface area contributed by atoms with E-state index in [0.29, 0.717) is 0 Å². The van der Waals surface area contributed by atoms with Gasteiger partial charge in [0.25, 0.3) is 11.4 Å². The number of nitrogens with one attached hydrogen (secondary N) is 4. The number of halogens is 6. The second kappa shape index (κ2) is 14.9. The molecule has 14 nitrogen and oxygen atoms in total. The van der Waals surface area contributed by atoms with E-state index >= 15 is 0 Å². The van der Waals surface area contributed by atoms with E-state index in [9.17, 15) is 29.8 Å². The zero-order chi connectivity index (χ0) is 32.7. The van der Waals surface area contributed by atoms with Gasteiger partial charge in [0.05, 0.1) is 9.85 Å². The summed E-state index contributed by atoms with van der Waals surface area (Å²) in [6, 6.07) is 13.8. The van der Waals surface area contributed by atoms with Crippen molar-refractivity contribution in [2.75, 3.05) is 10.6 Å². The molecule has 0 bridgehead atoms. The first-order chi connectivity index (χ1) is 20.5. The molecule has 234 valence electrons. The Kier molecular flexibility index (Phi) is 11.8. The Morgan fingerprint density at radius 3 is 1.20 bits per heavy atom. The van der Waals surface area contributed by atoms with Gasteiger partial charge in [-0.15, -0.1) is 0 Å². The Bertz CT molecular complexity index is 1390. The Labute approximate surface area is 278 Å².